The molecule has 0 spiro atoms. The van der Waals surface area contributed by atoms with Gasteiger partial charge in [0.1, 0.15) is 0 Å². The average molecular weight is 241 g/mol. The summed E-state index contributed by atoms with van der Waals surface area (Å²) in [5.74, 6) is -0.562. The summed E-state index contributed by atoms with van der Waals surface area (Å²) in [6, 6.07) is -0.202. The predicted molar refractivity (Wildman–Crippen MR) is 65.7 cm³/mol. The molecule has 1 rings (SSSR count). The van der Waals surface area contributed by atoms with Crippen molar-refractivity contribution in [3.8, 4) is 0 Å². The predicted octanol–water partition coefficient (Wildman–Crippen LogP) is 2.28. The summed E-state index contributed by atoms with van der Waals surface area (Å²) in [7, 11) is 0. The normalized spacial score (nSPS) is 18.7. The first-order valence-corrected chi connectivity index (χ1v) is 6.58. The summed E-state index contributed by atoms with van der Waals surface area (Å²) >= 11 is 0. The molecule has 0 heterocycles. The van der Waals surface area contributed by atoms with E-state index in [0.29, 0.717) is 6.54 Å². The molecule has 1 aliphatic rings. The van der Waals surface area contributed by atoms with Crippen LogP contribution in [0.25, 0.3) is 0 Å². The molecule has 0 saturated heterocycles. The molecule has 0 aromatic rings. The number of rotatable bonds is 5. The van der Waals surface area contributed by atoms with E-state index in [4.69, 9.17) is 5.11 Å². The van der Waals surface area contributed by atoms with Crippen LogP contribution >= 0.6 is 0 Å². The zero-order chi connectivity index (χ0) is 12.8. The van der Waals surface area contributed by atoms with Gasteiger partial charge in [0.15, 0.2) is 0 Å². The maximum atomic E-state index is 12.3. The zero-order valence-electron chi connectivity index (χ0n) is 10.8. The standard InChI is InChI=1S/C13H23NO3/c1-3-14(10(2)9-12(15)16)13(17)11-7-5-4-6-8-11/h10-11H,3-9H2,1-2H3,(H,15,16). The Hall–Kier alpha value is -1.06. The molecule has 4 nitrogen and oxygen atoms in total. The molecule has 98 valence electrons. The van der Waals surface area contributed by atoms with Crippen LogP contribution < -0.4 is 0 Å². The molecule has 1 N–H and O–H groups in total. The largest absolute Gasteiger partial charge is 0.481 e. The fourth-order valence-corrected chi connectivity index (χ4v) is 2.63. The third-order valence-electron chi connectivity index (χ3n) is 3.58. The van der Waals surface area contributed by atoms with Gasteiger partial charge in [0.05, 0.1) is 6.42 Å². The minimum Gasteiger partial charge on any atom is -0.481 e. The van der Waals surface area contributed by atoms with Crippen molar-refractivity contribution < 1.29 is 14.7 Å². The highest BCUT2D eigenvalue weighted by Gasteiger charge is 2.28. The van der Waals surface area contributed by atoms with Crippen LogP contribution in [0.3, 0.4) is 0 Å². The van der Waals surface area contributed by atoms with Crippen molar-refractivity contribution in [3.63, 3.8) is 0 Å². The SMILES string of the molecule is CCN(C(=O)C1CCCCC1)C(C)CC(=O)O. The number of nitrogens with zero attached hydrogens (tertiary/aromatic N) is 1. The number of aliphatic carboxylic acids is 1. The first-order chi connectivity index (χ1) is 8.06. The Morgan fingerprint density at radius 3 is 2.35 bits per heavy atom. The van der Waals surface area contributed by atoms with Crippen LogP contribution in [0.15, 0.2) is 0 Å². The lowest BCUT2D eigenvalue weighted by molar-refractivity contribution is -0.142. The molecular weight excluding hydrogens is 218 g/mol. The van der Waals surface area contributed by atoms with Gasteiger partial charge in [-0.25, -0.2) is 0 Å². The third kappa shape index (κ3) is 4.02. The molecule has 0 aromatic carbocycles. The van der Waals surface area contributed by atoms with Crippen LogP contribution in [0.5, 0.6) is 0 Å². The molecule has 1 aliphatic carbocycles. The average Bonchev–Trinajstić information content (AvgIpc) is 2.30. The van der Waals surface area contributed by atoms with E-state index in [0.717, 1.165) is 25.7 Å². The molecule has 4 heteroatoms. The van der Waals surface area contributed by atoms with Gasteiger partial charge in [0, 0.05) is 18.5 Å². The summed E-state index contributed by atoms with van der Waals surface area (Å²) in [6.45, 7) is 4.33. The van der Waals surface area contributed by atoms with Gasteiger partial charge in [0.2, 0.25) is 5.91 Å². The van der Waals surface area contributed by atoms with Crippen LogP contribution in [0.1, 0.15) is 52.4 Å². The Balaban J connectivity index is 2.58. The second kappa shape index (κ2) is 6.62. The maximum absolute atomic E-state index is 12.3. The quantitative estimate of drug-likeness (QED) is 0.803. The lowest BCUT2D eigenvalue weighted by Crippen LogP contribution is -2.43. The Kier molecular flexibility index (Phi) is 5.45. The fourth-order valence-electron chi connectivity index (χ4n) is 2.63. The van der Waals surface area contributed by atoms with Crippen molar-refractivity contribution in [2.24, 2.45) is 5.92 Å². The molecule has 1 amide bonds. The third-order valence-corrected chi connectivity index (χ3v) is 3.58. The van der Waals surface area contributed by atoms with E-state index in [1.165, 1.54) is 6.42 Å². The van der Waals surface area contributed by atoms with E-state index in [9.17, 15) is 9.59 Å². The van der Waals surface area contributed by atoms with E-state index in [1.54, 1.807) is 4.90 Å². The monoisotopic (exact) mass is 241 g/mol. The molecule has 1 atom stereocenters. The minimum absolute atomic E-state index is 0.0340. The van der Waals surface area contributed by atoms with Gasteiger partial charge >= 0.3 is 5.97 Å². The van der Waals surface area contributed by atoms with Crippen molar-refractivity contribution in [2.45, 2.75) is 58.4 Å². The second-order valence-electron chi connectivity index (χ2n) is 4.91. The van der Waals surface area contributed by atoms with Gasteiger partial charge < -0.3 is 10.0 Å². The van der Waals surface area contributed by atoms with Crippen LogP contribution in [0.4, 0.5) is 0 Å². The van der Waals surface area contributed by atoms with Gasteiger partial charge in [-0.2, -0.15) is 0 Å². The van der Waals surface area contributed by atoms with Gasteiger partial charge in [-0.15, -0.1) is 0 Å². The van der Waals surface area contributed by atoms with Crippen LogP contribution in [-0.4, -0.2) is 34.5 Å². The molecule has 0 aliphatic heterocycles. The first kappa shape index (κ1) is 14.0. The molecule has 1 unspecified atom stereocenters. The molecule has 1 fully saturated rings. The first-order valence-electron chi connectivity index (χ1n) is 6.58. The van der Waals surface area contributed by atoms with Gasteiger partial charge in [-0.05, 0) is 26.7 Å². The highest BCUT2D eigenvalue weighted by atomic mass is 16.4. The molecule has 0 bridgehead atoms. The highest BCUT2D eigenvalue weighted by molar-refractivity contribution is 5.80. The number of carboxylic acid groups (broad SMARTS) is 1. The number of hydrogen-bond donors (Lipinski definition) is 1. The van der Waals surface area contributed by atoms with Crippen molar-refractivity contribution in [1.82, 2.24) is 4.90 Å². The fraction of sp³-hybridized carbons (Fsp3) is 0.846. The minimum atomic E-state index is -0.840. The molecule has 1 saturated carbocycles. The highest BCUT2D eigenvalue weighted by Crippen LogP contribution is 2.26. The topological polar surface area (TPSA) is 57.6 Å². The van der Waals surface area contributed by atoms with Crippen LogP contribution in [-0.2, 0) is 9.59 Å². The van der Waals surface area contributed by atoms with E-state index in [-0.39, 0.29) is 24.3 Å². The Morgan fingerprint density at radius 1 is 1.29 bits per heavy atom. The summed E-state index contributed by atoms with van der Waals surface area (Å²) in [6.07, 6.45) is 5.44. The van der Waals surface area contributed by atoms with Crippen LogP contribution in [0, 0.1) is 5.92 Å². The Labute approximate surface area is 103 Å². The number of amides is 1. The van der Waals surface area contributed by atoms with Gasteiger partial charge in [0.25, 0.3) is 0 Å². The van der Waals surface area contributed by atoms with E-state index in [1.807, 2.05) is 13.8 Å². The molecule has 0 radical (unpaired) electrons. The Bertz CT molecular complexity index is 272. The Morgan fingerprint density at radius 2 is 1.88 bits per heavy atom. The number of carbonyl (C=O) groups excluding carboxylic acids is 1. The molecule has 0 aromatic heterocycles. The van der Waals surface area contributed by atoms with E-state index in [2.05, 4.69) is 0 Å². The summed E-state index contributed by atoms with van der Waals surface area (Å²) in [5, 5.41) is 8.78. The van der Waals surface area contributed by atoms with Crippen LogP contribution in [0.2, 0.25) is 0 Å². The van der Waals surface area contributed by atoms with Gasteiger partial charge in [-0.3, -0.25) is 9.59 Å². The smallest absolute Gasteiger partial charge is 0.305 e. The lowest BCUT2D eigenvalue weighted by atomic mass is 9.88. The van der Waals surface area contributed by atoms with Crippen molar-refractivity contribution in [1.29, 1.82) is 0 Å². The summed E-state index contributed by atoms with van der Waals surface area (Å²) in [5.41, 5.74) is 0. The van der Waals surface area contributed by atoms with E-state index < -0.39 is 5.97 Å². The second-order valence-corrected chi connectivity index (χ2v) is 4.91. The van der Waals surface area contributed by atoms with E-state index >= 15 is 0 Å². The van der Waals surface area contributed by atoms with Crippen molar-refractivity contribution >= 4 is 11.9 Å². The molecular formula is C13H23NO3. The summed E-state index contributed by atoms with van der Waals surface area (Å²) < 4.78 is 0. The lowest BCUT2D eigenvalue weighted by Gasteiger charge is -2.32. The number of hydrogen-bond acceptors (Lipinski definition) is 2. The van der Waals surface area contributed by atoms with Crippen molar-refractivity contribution in [3.05, 3.63) is 0 Å². The number of carboxylic acids is 1. The van der Waals surface area contributed by atoms with Crippen molar-refractivity contribution in [2.75, 3.05) is 6.54 Å². The summed E-state index contributed by atoms with van der Waals surface area (Å²) in [4.78, 5) is 24.7. The number of carbonyl (C=O) groups is 2. The maximum Gasteiger partial charge on any atom is 0.305 e. The molecule has 17 heavy (non-hydrogen) atoms. The zero-order valence-corrected chi connectivity index (χ0v) is 10.8. The van der Waals surface area contributed by atoms with Gasteiger partial charge in [-0.1, -0.05) is 19.3 Å².